The summed E-state index contributed by atoms with van der Waals surface area (Å²) in [4.78, 5) is 0.314. The summed E-state index contributed by atoms with van der Waals surface area (Å²) in [7, 11) is -3.50. The largest absolute Gasteiger partial charge is 0.383 e. The first-order valence-electron chi connectivity index (χ1n) is 8.39. The Kier molecular flexibility index (Phi) is 6.82. The van der Waals surface area contributed by atoms with E-state index >= 15 is 0 Å². The first kappa shape index (κ1) is 18.5. The van der Waals surface area contributed by atoms with Crippen LogP contribution in [0.4, 0.5) is 5.69 Å². The van der Waals surface area contributed by atoms with Crippen molar-refractivity contribution < 1.29 is 8.42 Å². The molecule has 0 fully saturated rings. The van der Waals surface area contributed by atoms with Crippen LogP contribution in [0.5, 0.6) is 0 Å². The van der Waals surface area contributed by atoms with Crippen LogP contribution in [0, 0.1) is 6.92 Å². The van der Waals surface area contributed by atoms with Crippen LogP contribution >= 0.6 is 0 Å². The van der Waals surface area contributed by atoms with Crippen LogP contribution in [0.25, 0.3) is 0 Å². The highest BCUT2D eigenvalue weighted by Gasteiger charge is 2.19. The van der Waals surface area contributed by atoms with Crippen LogP contribution in [-0.2, 0) is 10.0 Å². The summed E-state index contributed by atoms with van der Waals surface area (Å²) in [6, 6.07) is 16.6. The molecule has 0 aliphatic carbocycles. The highest BCUT2D eigenvalue weighted by atomic mass is 32.2. The van der Waals surface area contributed by atoms with Crippen molar-refractivity contribution in [1.82, 2.24) is 4.72 Å². The number of benzene rings is 2. The SMILES string of the molecule is CCCC[C@H](CNc1ccccc1)NS(=O)(=O)c1ccc(C)cc1. The predicted octanol–water partition coefficient (Wildman–Crippen LogP) is 3.94. The Morgan fingerprint density at radius 1 is 1.00 bits per heavy atom. The average molecular weight is 346 g/mol. The second-order valence-electron chi connectivity index (χ2n) is 6.02. The van der Waals surface area contributed by atoms with Gasteiger partial charge in [0.1, 0.15) is 0 Å². The van der Waals surface area contributed by atoms with Gasteiger partial charge in [-0.3, -0.25) is 0 Å². The van der Waals surface area contributed by atoms with E-state index in [4.69, 9.17) is 0 Å². The number of aryl methyl sites for hydroxylation is 1. The lowest BCUT2D eigenvalue weighted by Crippen LogP contribution is -2.39. The third-order valence-corrected chi connectivity index (χ3v) is 5.42. The zero-order chi connectivity index (χ0) is 17.4. The molecule has 0 aromatic heterocycles. The summed E-state index contributed by atoms with van der Waals surface area (Å²) in [6.07, 6.45) is 2.83. The van der Waals surface area contributed by atoms with Gasteiger partial charge < -0.3 is 5.32 Å². The maximum absolute atomic E-state index is 12.6. The van der Waals surface area contributed by atoms with E-state index in [0.717, 1.165) is 30.5 Å². The lowest BCUT2D eigenvalue weighted by atomic mass is 10.1. The normalized spacial score (nSPS) is 12.8. The molecule has 0 unspecified atom stereocenters. The average Bonchev–Trinajstić information content (AvgIpc) is 2.58. The molecule has 5 heteroatoms. The number of unbranched alkanes of at least 4 members (excludes halogenated alkanes) is 1. The minimum atomic E-state index is -3.50. The number of rotatable bonds is 9. The fraction of sp³-hybridized carbons (Fsp3) is 0.368. The minimum absolute atomic E-state index is 0.142. The molecule has 2 aromatic rings. The second kappa shape index (κ2) is 8.85. The van der Waals surface area contributed by atoms with E-state index in [0.29, 0.717) is 11.4 Å². The molecule has 2 rings (SSSR count). The molecule has 2 N–H and O–H groups in total. The van der Waals surface area contributed by atoms with Crippen LogP contribution in [0.3, 0.4) is 0 Å². The summed E-state index contributed by atoms with van der Waals surface area (Å²) in [5, 5.41) is 3.31. The molecule has 0 aliphatic heterocycles. The summed E-state index contributed by atoms with van der Waals surface area (Å²) in [6.45, 7) is 4.61. The standard InChI is InChI=1S/C19H26N2O2S/c1-3-4-8-18(15-20-17-9-6-5-7-10-17)21-24(22,23)19-13-11-16(2)12-14-19/h5-7,9-14,18,20-21H,3-4,8,15H2,1-2H3/t18-/m1/s1. The highest BCUT2D eigenvalue weighted by Crippen LogP contribution is 2.13. The molecule has 0 saturated carbocycles. The van der Waals surface area contributed by atoms with E-state index < -0.39 is 10.0 Å². The topological polar surface area (TPSA) is 58.2 Å². The van der Waals surface area contributed by atoms with Crippen LogP contribution in [0.1, 0.15) is 31.7 Å². The Labute approximate surface area is 145 Å². The molecule has 0 aliphatic rings. The molecular formula is C19H26N2O2S. The summed E-state index contributed by atoms with van der Waals surface area (Å²) in [5.41, 5.74) is 2.04. The Balaban J connectivity index is 2.05. The number of para-hydroxylation sites is 1. The monoisotopic (exact) mass is 346 g/mol. The van der Waals surface area contributed by atoms with Crippen molar-refractivity contribution in [2.45, 2.75) is 44.0 Å². The smallest absolute Gasteiger partial charge is 0.240 e. The van der Waals surface area contributed by atoms with Crippen molar-refractivity contribution in [1.29, 1.82) is 0 Å². The number of nitrogens with one attached hydrogen (secondary N) is 2. The molecule has 130 valence electrons. The van der Waals surface area contributed by atoms with Gasteiger partial charge in [-0.25, -0.2) is 13.1 Å². The van der Waals surface area contributed by atoms with Crippen LogP contribution in [0.2, 0.25) is 0 Å². The molecule has 24 heavy (non-hydrogen) atoms. The molecular weight excluding hydrogens is 320 g/mol. The van der Waals surface area contributed by atoms with Crippen molar-refractivity contribution in [3.05, 3.63) is 60.2 Å². The minimum Gasteiger partial charge on any atom is -0.383 e. The fourth-order valence-electron chi connectivity index (χ4n) is 2.46. The van der Waals surface area contributed by atoms with Gasteiger partial charge in [0.05, 0.1) is 4.90 Å². The van der Waals surface area contributed by atoms with Crippen molar-refractivity contribution in [3.63, 3.8) is 0 Å². The summed E-state index contributed by atoms with van der Waals surface area (Å²) in [5.74, 6) is 0. The molecule has 1 atom stereocenters. The van der Waals surface area contributed by atoms with Gasteiger partial charge >= 0.3 is 0 Å². The zero-order valence-corrected chi connectivity index (χ0v) is 15.1. The van der Waals surface area contributed by atoms with Crippen molar-refractivity contribution in [3.8, 4) is 0 Å². The summed E-state index contributed by atoms with van der Waals surface area (Å²) < 4.78 is 28.0. The molecule has 0 bridgehead atoms. The van der Waals surface area contributed by atoms with Crippen molar-refractivity contribution >= 4 is 15.7 Å². The number of hydrogen-bond donors (Lipinski definition) is 2. The lowest BCUT2D eigenvalue weighted by molar-refractivity contribution is 0.523. The van der Waals surface area contributed by atoms with E-state index in [1.165, 1.54) is 0 Å². The maximum Gasteiger partial charge on any atom is 0.240 e. The molecule has 0 radical (unpaired) electrons. The molecule has 0 saturated heterocycles. The van der Waals surface area contributed by atoms with Gasteiger partial charge in [-0.15, -0.1) is 0 Å². The van der Waals surface area contributed by atoms with Crippen molar-refractivity contribution in [2.24, 2.45) is 0 Å². The number of hydrogen-bond acceptors (Lipinski definition) is 3. The Hall–Kier alpha value is -1.85. The fourth-order valence-corrected chi connectivity index (χ4v) is 3.73. The lowest BCUT2D eigenvalue weighted by Gasteiger charge is -2.20. The Morgan fingerprint density at radius 2 is 1.67 bits per heavy atom. The molecule has 2 aromatic carbocycles. The van der Waals surface area contributed by atoms with Crippen LogP contribution < -0.4 is 10.0 Å². The van der Waals surface area contributed by atoms with E-state index in [9.17, 15) is 8.42 Å². The van der Waals surface area contributed by atoms with E-state index in [2.05, 4.69) is 17.0 Å². The van der Waals surface area contributed by atoms with E-state index in [1.54, 1.807) is 12.1 Å². The molecule has 4 nitrogen and oxygen atoms in total. The second-order valence-corrected chi connectivity index (χ2v) is 7.73. The predicted molar refractivity (Wildman–Crippen MR) is 99.7 cm³/mol. The van der Waals surface area contributed by atoms with E-state index in [1.807, 2.05) is 49.4 Å². The zero-order valence-electron chi connectivity index (χ0n) is 14.3. The van der Waals surface area contributed by atoms with Gasteiger partial charge in [-0.2, -0.15) is 0 Å². The molecule has 0 spiro atoms. The van der Waals surface area contributed by atoms with Crippen molar-refractivity contribution in [2.75, 3.05) is 11.9 Å². The van der Waals surface area contributed by atoms with Crippen LogP contribution in [0.15, 0.2) is 59.5 Å². The van der Waals surface area contributed by atoms with Gasteiger partial charge in [0.15, 0.2) is 0 Å². The van der Waals surface area contributed by atoms with Crippen LogP contribution in [-0.4, -0.2) is 21.0 Å². The van der Waals surface area contributed by atoms with Gasteiger partial charge in [-0.1, -0.05) is 55.7 Å². The van der Waals surface area contributed by atoms with Gasteiger partial charge in [-0.05, 0) is 37.6 Å². The first-order valence-corrected chi connectivity index (χ1v) is 9.87. The summed E-state index contributed by atoms with van der Waals surface area (Å²) >= 11 is 0. The van der Waals surface area contributed by atoms with Gasteiger partial charge in [0.2, 0.25) is 10.0 Å². The quantitative estimate of drug-likeness (QED) is 0.723. The highest BCUT2D eigenvalue weighted by molar-refractivity contribution is 7.89. The third-order valence-electron chi connectivity index (χ3n) is 3.89. The number of sulfonamides is 1. The third kappa shape index (κ3) is 5.65. The number of anilines is 1. The maximum atomic E-state index is 12.6. The van der Waals surface area contributed by atoms with Gasteiger partial charge in [0, 0.05) is 18.3 Å². The Morgan fingerprint density at radius 3 is 2.29 bits per heavy atom. The van der Waals surface area contributed by atoms with E-state index in [-0.39, 0.29) is 6.04 Å². The Bertz CT molecular complexity index is 713. The molecule has 0 amide bonds. The van der Waals surface area contributed by atoms with Gasteiger partial charge in [0.25, 0.3) is 0 Å². The molecule has 0 heterocycles. The first-order chi connectivity index (χ1) is 11.5.